The van der Waals surface area contributed by atoms with Gasteiger partial charge >= 0.3 is 5.97 Å². The number of sulfonamides is 1. The van der Waals surface area contributed by atoms with E-state index in [0.717, 1.165) is 0 Å². The van der Waals surface area contributed by atoms with Crippen LogP contribution in [0.15, 0.2) is 12.1 Å². The van der Waals surface area contributed by atoms with Crippen LogP contribution in [-0.2, 0) is 14.8 Å². The van der Waals surface area contributed by atoms with Gasteiger partial charge in [0.15, 0.2) is 17.5 Å². The van der Waals surface area contributed by atoms with E-state index in [-0.39, 0.29) is 16.4 Å². The SMILES string of the molecule is CS(=O)(=O)N(CC(=O)O)c1cc(F)c(F)cc1F. The highest BCUT2D eigenvalue weighted by Gasteiger charge is 2.25. The molecule has 0 radical (unpaired) electrons. The highest BCUT2D eigenvalue weighted by molar-refractivity contribution is 7.92. The Hall–Kier alpha value is -1.77. The topological polar surface area (TPSA) is 74.7 Å². The molecule has 0 aliphatic carbocycles. The van der Waals surface area contributed by atoms with Gasteiger partial charge in [-0.15, -0.1) is 0 Å². The van der Waals surface area contributed by atoms with Crippen molar-refractivity contribution >= 4 is 21.7 Å². The van der Waals surface area contributed by atoms with Gasteiger partial charge in [-0.2, -0.15) is 0 Å². The minimum atomic E-state index is -4.14. The molecule has 1 aromatic carbocycles. The average molecular weight is 283 g/mol. The Labute approximate surface area is 100 Å². The van der Waals surface area contributed by atoms with Gasteiger partial charge in [-0.1, -0.05) is 0 Å². The zero-order valence-electron chi connectivity index (χ0n) is 9.02. The Morgan fingerprint density at radius 1 is 1.22 bits per heavy atom. The predicted octanol–water partition coefficient (Wildman–Crippen LogP) is 0.955. The first-order chi connectivity index (χ1) is 8.12. The van der Waals surface area contributed by atoms with Gasteiger partial charge in [0.1, 0.15) is 6.54 Å². The van der Waals surface area contributed by atoms with Crippen LogP contribution in [0.4, 0.5) is 18.9 Å². The van der Waals surface area contributed by atoms with Crippen molar-refractivity contribution in [1.82, 2.24) is 0 Å². The normalized spacial score (nSPS) is 11.3. The lowest BCUT2D eigenvalue weighted by molar-refractivity contribution is -0.135. The fraction of sp³-hybridized carbons (Fsp3) is 0.222. The van der Waals surface area contributed by atoms with Gasteiger partial charge in [-0.3, -0.25) is 9.10 Å². The van der Waals surface area contributed by atoms with Crippen LogP contribution >= 0.6 is 0 Å². The van der Waals surface area contributed by atoms with E-state index in [2.05, 4.69) is 0 Å². The van der Waals surface area contributed by atoms with E-state index in [1.54, 1.807) is 0 Å². The van der Waals surface area contributed by atoms with E-state index < -0.39 is 45.7 Å². The third-order valence-corrected chi connectivity index (χ3v) is 3.06. The van der Waals surface area contributed by atoms with Crippen LogP contribution in [-0.4, -0.2) is 32.3 Å². The molecule has 0 amide bonds. The van der Waals surface area contributed by atoms with Gasteiger partial charge in [0.2, 0.25) is 10.0 Å². The molecule has 5 nitrogen and oxygen atoms in total. The van der Waals surface area contributed by atoms with Gasteiger partial charge in [0, 0.05) is 12.1 Å². The fourth-order valence-corrected chi connectivity index (χ4v) is 2.05. The molecular formula is C9H8F3NO4S. The molecule has 0 saturated heterocycles. The Bertz CT molecular complexity index is 588. The second kappa shape index (κ2) is 4.84. The number of carbonyl (C=O) groups is 1. The summed E-state index contributed by atoms with van der Waals surface area (Å²) in [5.41, 5.74) is -0.862. The average Bonchev–Trinajstić information content (AvgIpc) is 2.18. The van der Waals surface area contributed by atoms with E-state index in [0.29, 0.717) is 6.26 Å². The molecule has 0 spiro atoms. The summed E-state index contributed by atoms with van der Waals surface area (Å²) in [6.45, 7) is -1.10. The highest BCUT2D eigenvalue weighted by Crippen LogP contribution is 2.24. The van der Waals surface area contributed by atoms with Gasteiger partial charge in [0.25, 0.3) is 0 Å². The van der Waals surface area contributed by atoms with Crippen molar-refractivity contribution in [1.29, 1.82) is 0 Å². The number of anilines is 1. The fourth-order valence-electron chi connectivity index (χ4n) is 1.21. The van der Waals surface area contributed by atoms with Crippen molar-refractivity contribution in [2.45, 2.75) is 0 Å². The summed E-state index contributed by atoms with van der Waals surface area (Å²) in [7, 11) is -4.14. The molecular weight excluding hydrogens is 275 g/mol. The number of hydrogen-bond donors (Lipinski definition) is 1. The Kier molecular flexibility index (Phi) is 3.85. The number of rotatable bonds is 4. The summed E-state index contributed by atoms with van der Waals surface area (Å²) in [4.78, 5) is 10.5. The molecule has 0 unspecified atom stereocenters. The van der Waals surface area contributed by atoms with Gasteiger partial charge in [-0.25, -0.2) is 21.6 Å². The summed E-state index contributed by atoms with van der Waals surface area (Å²) < 4.78 is 61.7. The molecule has 9 heteroatoms. The van der Waals surface area contributed by atoms with Crippen LogP contribution in [0, 0.1) is 17.5 Å². The molecule has 0 aliphatic heterocycles. The smallest absolute Gasteiger partial charge is 0.324 e. The van der Waals surface area contributed by atoms with Crippen LogP contribution < -0.4 is 4.31 Å². The maximum absolute atomic E-state index is 13.4. The van der Waals surface area contributed by atoms with Crippen LogP contribution in [0.25, 0.3) is 0 Å². The third kappa shape index (κ3) is 3.13. The van der Waals surface area contributed by atoms with Crippen LogP contribution in [0.3, 0.4) is 0 Å². The molecule has 1 aromatic rings. The Morgan fingerprint density at radius 3 is 2.17 bits per heavy atom. The first-order valence-electron chi connectivity index (χ1n) is 4.47. The van der Waals surface area contributed by atoms with Crippen molar-refractivity contribution in [2.75, 3.05) is 17.1 Å². The maximum atomic E-state index is 13.4. The molecule has 18 heavy (non-hydrogen) atoms. The lowest BCUT2D eigenvalue weighted by atomic mass is 10.3. The largest absolute Gasteiger partial charge is 0.480 e. The van der Waals surface area contributed by atoms with Crippen molar-refractivity contribution in [2.24, 2.45) is 0 Å². The van der Waals surface area contributed by atoms with Gasteiger partial charge in [0.05, 0.1) is 11.9 Å². The summed E-state index contributed by atoms with van der Waals surface area (Å²) in [5.74, 6) is -5.92. The lowest BCUT2D eigenvalue weighted by Crippen LogP contribution is -2.35. The zero-order chi connectivity index (χ0) is 14.1. The molecule has 0 bridgehead atoms. The molecule has 1 N–H and O–H groups in total. The lowest BCUT2D eigenvalue weighted by Gasteiger charge is -2.20. The Balaban J connectivity index is 3.39. The van der Waals surface area contributed by atoms with E-state index in [1.165, 1.54) is 0 Å². The van der Waals surface area contributed by atoms with Crippen LogP contribution in [0.5, 0.6) is 0 Å². The number of halogens is 3. The summed E-state index contributed by atoms with van der Waals surface area (Å²) in [5, 5.41) is 8.53. The molecule has 0 saturated carbocycles. The molecule has 100 valence electrons. The maximum Gasteiger partial charge on any atom is 0.324 e. The Morgan fingerprint density at radius 2 is 1.72 bits per heavy atom. The van der Waals surface area contributed by atoms with E-state index in [1.807, 2.05) is 0 Å². The number of carboxylic acid groups (broad SMARTS) is 1. The second-order valence-electron chi connectivity index (χ2n) is 3.38. The summed E-state index contributed by atoms with van der Waals surface area (Å²) in [6.07, 6.45) is 0.622. The number of carboxylic acids is 1. The second-order valence-corrected chi connectivity index (χ2v) is 5.29. The first-order valence-corrected chi connectivity index (χ1v) is 6.32. The van der Waals surface area contributed by atoms with Gasteiger partial charge < -0.3 is 5.11 Å². The number of hydrogen-bond acceptors (Lipinski definition) is 3. The number of aliphatic carboxylic acids is 1. The molecule has 0 fully saturated rings. The van der Waals surface area contributed by atoms with Crippen molar-refractivity contribution in [3.8, 4) is 0 Å². The summed E-state index contributed by atoms with van der Waals surface area (Å²) >= 11 is 0. The quantitative estimate of drug-likeness (QED) is 0.835. The van der Waals surface area contributed by atoms with Crippen molar-refractivity contribution in [3.63, 3.8) is 0 Å². The van der Waals surface area contributed by atoms with Crippen LogP contribution in [0.1, 0.15) is 0 Å². The number of benzene rings is 1. The van der Waals surface area contributed by atoms with E-state index in [4.69, 9.17) is 5.11 Å². The molecule has 0 atom stereocenters. The van der Waals surface area contributed by atoms with Crippen LogP contribution in [0.2, 0.25) is 0 Å². The highest BCUT2D eigenvalue weighted by atomic mass is 32.2. The van der Waals surface area contributed by atoms with E-state index >= 15 is 0 Å². The predicted molar refractivity (Wildman–Crippen MR) is 56.1 cm³/mol. The molecule has 0 aliphatic rings. The summed E-state index contributed by atoms with van der Waals surface area (Å²) in [6, 6.07) is 0.430. The monoisotopic (exact) mass is 283 g/mol. The first kappa shape index (κ1) is 14.3. The van der Waals surface area contributed by atoms with Crippen molar-refractivity contribution < 1.29 is 31.5 Å². The van der Waals surface area contributed by atoms with E-state index in [9.17, 15) is 26.4 Å². The molecule has 0 aromatic heterocycles. The minimum Gasteiger partial charge on any atom is -0.480 e. The number of nitrogens with zero attached hydrogens (tertiary/aromatic N) is 1. The van der Waals surface area contributed by atoms with Gasteiger partial charge in [-0.05, 0) is 0 Å². The molecule has 1 rings (SSSR count). The zero-order valence-corrected chi connectivity index (χ0v) is 9.84. The van der Waals surface area contributed by atoms with Crippen molar-refractivity contribution in [3.05, 3.63) is 29.6 Å². The molecule has 0 heterocycles. The third-order valence-electron chi connectivity index (χ3n) is 1.94. The standard InChI is InChI=1S/C9H8F3NO4S/c1-18(16,17)13(4-9(14)15)8-3-6(11)5(10)2-7(8)12/h2-3H,4H2,1H3,(H,14,15). The minimum absolute atomic E-state index is 0.132.